The predicted molar refractivity (Wildman–Crippen MR) is 120 cm³/mol. The van der Waals surface area contributed by atoms with Crippen LogP contribution in [0.1, 0.15) is 38.1 Å². The molecule has 0 saturated heterocycles. The second-order valence-corrected chi connectivity index (χ2v) is 6.02. The van der Waals surface area contributed by atoms with Crippen molar-refractivity contribution in [2.45, 2.75) is 39.7 Å². The first kappa shape index (κ1) is 23.2. The molecule has 0 fully saturated rings. The van der Waals surface area contributed by atoms with Gasteiger partial charge in [-0.1, -0.05) is 25.5 Å². The van der Waals surface area contributed by atoms with E-state index in [4.69, 9.17) is 4.74 Å². The summed E-state index contributed by atoms with van der Waals surface area (Å²) in [7, 11) is 1.87. The number of aryl methyl sites for hydroxylation is 1. The summed E-state index contributed by atoms with van der Waals surface area (Å²) < 4.78 is 7.43. The Labute approximate surface area is 179 Å². The molecule has 1 aromatic heterocycles. The fraction of sp³-hybridized carbons (Fsp3) is 0.526. The van der Waals surface area contributed by atoms with Crippen molar-refractivity contribution < 1.29 is 4.74 Å². The maximum atomic E-state index is 5.70. The number of nitrogens with one attached hydrogen (secondary N) is 2. The molecule has 27 heavy (non-hydrogen) atoms. The summed E-state index contributed by atoms with van der Waals surface area (Å²) in [4.78, 5) is 8.74. The number of rotatable bonds is 10. The molecule has 1 heterocycles. The Morgan fingerprint density at radius 1 is 1.19 bits per heavy atom. The highest BCUT2D eigenvalue weighted by molar-refractivity contribution is 14.0. The van der Waals surface area contributed by atoms with Crippen LogP contribution < -0.4 is 15.4 Å². The zero-order valence-electron chi connectivity index (χ0n) is 16.4. The smallest absolute Gasteiger partial charge is 0.191 e. The number of nitrogens with zero attached hydrogens (tertiary/aromatic N) is 4. The summed E-state index contributed by atoms with van der Waals surface area (Å²) in [6, 6.07) is 8.32. The number of hydrogen-bond donors (Lipinski definition) is 2. The highest BCUT2D eigenvalue weighted by Gasteiger charge is 2.02. The fourth-order valence-corrected chi connectivity index (χ4v) is 2.37. The highest BCUT2D eigenvalue weighted by Crippen LogP contribution is 2.12. The molecule has 0 atom stereocenters. The van der Waals surface area contributed by atoms with Crippen molar-refractivity contribution >= 4 is 29.9 Å². The predicted octanol–water partition coefficient (Wildman–Crippen LogP) is 2.91. The van der Waals surface area contributed by atoms with Crippen LogP contribution in [-0.2, 0) is 20.0 Å². The molecule has 1 aromatic carbocycles. The van der Waals surface area contributed by atoms with Crippen LogP contribution in [0.3, 0.4) is 0 Å². The minimum absolute atomic E-state index is 0. The molecule has 150 valence electrons. The molecule has 0 amide bonds. The maximum absolute atomic E-state index is 5.70. The molecule has 0 aliphatic rings. The Morgan fingerprint density at radius 2 is 1.96 bits per heavy atom. The SMILES string of the molecule is CCCCOc1ccc(CCNC(=NCc2ncnn2C)NCC)cc1.I. The van der Waals surface area contributed by atoms with E-state index in [1.165, 1.54) is 5.56 Å². The van der Waals surface area contributed by atoms with Gasteiger partial charge in [-0.05, 0) is 37.5 Å². The van der Waals surface area contributed by atoms with Gasteiger partial charge in [0.25, 0.3) is 0 Å². The van der Waals surface area contributed by atoms with Crippen molar-refractivity contribution in [2.75, 3.05) is 19.7 Å². The second kappa shape index (κ2) is 13.3. The van der Waals surface area contributed by atoms with E-state index in [2.05, 4.69) is 51.7 Å². The molecule has 0 radical (unpaired) electrons. The number of guanidine groups is 1. The van der Waals surface area contributed by atoms with Crippen LogP contribution in [0.2, 0.25) is 0 Å². The van der Waals surface area contributed by atoms with E-state index >= 15 is 0 Å². The number of benzene rings is 1. The van der Waals surface area contributed by atoms with Gasteiger partial charge in [-0.25, -0.2) is 9.98 Å². The summed E-state index contributed by atoms with van der Waals surface area (Å²) in [6.07, 6.45) is 4.70. The zero-order valence-corrected chi connectivity index (χ0v) is 18.8. The fourth-order valence-electron chi connectivity index (χ4n) is 2.37. The Morgan fingerprint density at radius 3 is 2.59 bits per heavy atom. The molecular weight excluding hydrogens is 455 g/mol. The van der Waals surface area contributed by atoms with E-state index in [-0.39, 0.29) is 24.0 Å². The van der Waals surface area contributed by atoms with Crippen LogP contribution in [0.4, 0.5) is 0 Å². The Bertz CT molecular complexity index is 671. The van der Waals surface area contributed by atoms with Gasteiger partial charge in [0.2, 0.25) is 0 Å². The van der Waals surface area contributed by atoms with Gasteiger partial charge < -0.3 is 15.4 Å². The molecule has 0 unspecified atom stereocenters. The lowest BCUT2D eigenvalue weighted by atomic mass is 10.1. The van der Waals surface area contributed by atoms with Crippen LogP contribution in [0.15, 0.2) is 35.6 Å². The van der Waals surface area contributed by atoms with Gasteiger partial charge in [-0.2, -0.15) is 5.10 Å². The molecule has 0 saturated carbocycles. The Hall–Kier alpha value is -1.84. The number of ether oxygens (including phenoxy) is 1. The zero-order chi connectivity index (χ0) is 18.6. The van der Waals surface area contributed by atoms with Crippen molar-refractivity contribution in [1.82, 2.24) is 25.4 Å². The first-order valence-corrected chi connectivity index (χ1v) is 9.29. The summed E-state index contributed by atoms with van der Waals surface area (Å²) in [5.41, 5.74) is 1.27. The molecule has 0 spiro atoms. The van der Waals surface area contributed by atoms with Gasteiger partial charge in [-0.15, -0.1) is 24.0 Å². The molecule has 8 heteroatoms. The number of unbranched alkanes of at least 4 members (excludes halogenated alkanes) is 1. The van der Waals surface area contributed by atoms with Gasteiger partial charge in [0.05, 0.1) is 6.61 Å². The third-order valence-electron chi connectivity index (χ3n) is 3.92. The monoisotopic (exact) mass is 486 g/mol. The normalized spacial score (nSPS) is 11.0. The number of hydrogen-bond acceptors (Lipinski definition) is 4. The third kappa shape index (κ3) is 8.59. The number of halogens is 1. The number of aromatic nitrogens is 3. The third-order valence-corrected chi connectivity index (χ3v) is 3.92. The van der Waals surface area contributed by atoms with Gasteiger partial charge in [0, 0.05) is 20.1 Å². The van der Waals surface area contributed by atoms with Crippen LogP contribution >= 0.6 is 24.0 Å². The van der Waals surface area contributed by atoms with E-state index in [1.54, 1.807) is 11.0 Å². The van der Waals surface area contributed by atoms with E-state index in [1.807, 2.05) is 19.2 Å². The standard InChI is InChI=1S/C19H30N6O.HI/c1-4-6-13-26-17-9-7-16(8-10-17)11-12-21-19(20-5-2)22-14-18-23-15-24-25(18)3;/h7-10,15H,4-6,11-14H2,1-3H3,(H2,20,21,22);1H. The van der Waals surface area contributed by atoms with Crippen LogP contribution in [0.25, 0.3) is 0 Å². The summed E-state index contributed by atoms with van der Waals surface area (Å²) in [5, 5.41) is 10.7. The largest absolute Gasteiger partial charge is 0.494 e. The van der Waals surface area contributed by atoms with E-state index in [0.29, 0.717) is 6.54 Å². The Kier molecular flexibility index (Phi) is 11.5. The van der Waals surface area contributed by atoms with E-state index in [9.17, 15) is 0 Å². The van der Waals surface area contributed by atoms with Crippen LogP contribution in [-0.4, -0.2) is 40.4 Å². The lowest BCUT2D eigenvalue weighted by molar-refractivity contribution is 0.309. The first-order valence-electron chi connectivity index (χ1n) is 9.29. The van der Waals surface area contributed by atoms with Crippen LogP contribution in [0.5, 0.6) is 5.75 Å². The quantitative estimate of drug-likeness (QED) is 0.234. The Balaban J connectivity index is 0.00000364. The van der Waals surface area contributed by atoms with Crippen molar-refractivity contribution in [3.63, 3.8) is 0 Å². The molecular formula is C19H31IN6O. The minimum Gasteiger partial charge on any atom is -0.494 e. The average Bonchev–Trinajstić information content (AvgIpc) is 3.06. The van der Waals surface area contributed by atoms with Gasteiger partial charge in [-0.3, -0.25) is 4.68 Å². The maximum Gasteiger partial charge on any atom is 0.191 e. The summed E-state index contributed by atoms with van der Waals surface area (Å²) in [5.74, 6) is 2.56. The molecule has 7 nitrogen and oxygen atoms in total. The average molecular weight is 486 g/mol. The molecule has 0 bridgehead atoms. The number of aliphatic imine (C=N–C) groups is 1. The van der Waals surface area contributed by atoms with Crippen LogP contribution in [0, 0.1) is 0 Å². The first-order chi connectivity index (χ1) is 12.7. The van der Waals surface area contributed by atoms with Crippen molar-refractivity contribution in [3.05, 3.63) is 42.0 Å². The molecule has 2 aromatic rings. The molecule has 2 N–H and O–H groups in total. The van der Waals surface area contributed by atoms with Gasteiger partial charge in [0.1, 0.15) is 24.4 Å². The lowest BCUT2D eigenvalue weighted by Crippen LogP contribution is -2.38. The van der Waals surface area contributed by atoms with E-state index < -0.39 is 0 Å². The summed E-state index contributed by atoms with van der Waals surface area (Å²) in [6.45, 7) is 7.12. The molecule has 0 aliphatic carbocycles. The second-order valence-electron chi connectivity index (χ2n) is 6.02. The molecule has 0 aliphatic heterocycles. The van der Waals surface area contributed by atoms with Crippen molar-refractivity contribution in [2.24, 2.45) is 12.0 Å². The van der Waals surface area contributed by atoms with Crippen molar-refractivity contribution in [1.29, 1.82) is 0 Å². The van der Waals surface area contributed by atoms with E-state index in [0.717, 1.165) is 56.5 Å². The lowest BCUT2D eigenvalue weighted by Gasteiger charge is -2.11. The van der Waals surface area contributed by atoms with Gasteiger partial charge >= 0.3 is 0 Å². The highest BCUT2D eigenvalue weighted by atomic mass is 127. The van der Waals surface area contributed by atoms with Crippen molar-refractivity contribution in [3.8, 4) is 5.75 Å². The summed E-state index contributed by atoms with van der Waals surface area (Å²) >= 11 is 0. The van der Waals surface area contributed by atoms with Gasteiger partial charge in [0.15, 0.2) is 5.96 Å². The topological polar surface area (TPSA) is 76.4 Å². The minimum atomic E-state index is 0. The molecule has 2 rings (SSSR count).